The molecule has 0 aromatic carbocycles. The Morgan fingerprint density at radius 3 is 2.54 bits per heavy atom. The van der Waals surface area contributed by atoms with Gasteiger partial charge in [-0.2, -0.15) is 23.5 Å². The predicted octanol–water partition coefficient (Wildman–Crippen LogP) is 1.69. The van der Waals surface area contributed by atoms with E-state index in [0.717, 1.165) is 36.3 Å². The van der Waals surface area contributed by atoms with Gasteiger partial charge >= 0.3 is 0 Å². The molecule has 3 aliphatic rings. The molecule has 150 valence electrons. The third-order valence-corrected chi connectivity index (χ3v) is 9.88. The maximum Gasteiger partial charge on any atom is 0.215 e. The molecule has 1 aliphatic carbocycles. The second kappa shape index (κ2) is 9.39. The van der Waals surface area contributed by atoms with Gasteiger partial charge in [-0.1, -0.05) is 19.3 Å². The highest BCUT2D eigenvalue weighted by atomic mass is 32.2. The van der Waals surface area contributed by atoms with E-state index < -0.39 is 10.0 Å². The van der Waals surface area contributed by atoms with Gasteiger partial charge in [0.2, 0.25) is 10.0 Å². The average molecular weight is 421 g/mol. The van der Waals surface area contributed by atoms with E-state index >= 15 is 0 Å². The summed E-state index contributed by atoms with van der Waals surface area (Å²) in [6.45, 7) is 3.74. The number of guanidine groups is 1. The third kappa shape index (κ3) is 5.23. The van der Waals surface area contributed by atoms with Crippen LogP contribution in [-0.4, -0.2) is 91.1 Å². The summed E-state index contributed by atoms with van der Waals surface area (Å²) in [6.07, 6.45) is 6.62. The minimum atomic E-state index is -3.17. The number of hydrogen-bond donors (Lipinski definition) is 1. The molecule has 0 bridgehead atoms. The zero-order valence-electron chi connectivity index (χ0n) is 15.8. The summed E-state index contributed by atoms with van der Waals surface area (Å²) in [5, 5.41) is 3.31. The summed E-state index contributed by atoms with van der Waals surface area (Å²) >= 11 is 3.96. The Balaban J connectivity index is 1.51. The topological polar surface area (TPSA) is 65.0 Å². The fraction of sp³-hybridized carbons (Fsp3) is 0.941. The Labute approximate surface area is 167 Å². The molecule has 26 heavy (non-hydrogen) atoms. The van der Waals surface area contributed by atoms with Crippen LogP contribution in [0.4, 0.5) is 0 Å². The highest BCUT2D eigenvalue weighted by Gasteiger charge is 2.38. The quantitative estimate of drug-likeness (QED) is 0.552. The molecule has 2 aliphatic heterocycles. The molecule has 0 radical (unpaired) electrons. The van der Waals surface area contributed by atoms with Crippen LogP contribution in [0.3, 0.4) is 0 Å². The minimum absolute atomic E-state index is 0.143. The lowest BCUT2D eigenvalue weighted by atomic mass is 9.87. The molecule has 3 fully saturated rings. The first-order chi connectivity index (χ1) is 12.5. The standard InChI is InChI=1S/C17H32N4O2S3/c1-18-16(19-7-14-26(22,23)21-9-11-24-12-10-21)20-8-13-25-17(15-20)5-3-2-4-6-17/h2-15H2,1H3,(H,18,19). The zero-order chi connectivity index (χ0) is 18.5. The van der Waals surface area contributed by atoms with Gasteiger partial charge in [0.25, 0.3) is 0 Å². The average Bonchev–Trinajstić information content (AvgIpc) is 2.66. The van der Waals surface area contributed by atoms with Gasteiger partial charge in [-0.3, -0.25) is 4.99 Å². The van der Waals surface area contributed by atoms with Crippen molar-refractivity contribution in [3.63, 3.8) is 0 Å². The number of thioether (sulfide) groups is 2. The van der Waals surface area contributed by atoms with Gasteiger partial charge in [-0.05, 0) is 12.8 Å². The number of sulfonamides is 1. The third-order valence-electron chi connectivity index (χ3n) is 5.53. The molecule has 0 aromatic heterocycles. The second-order valence-corrected chi connectivity index (χ2v) is 12.2. The van der Waals surface area contributed by atoms with Crippen molar-refractivity contribution in [2.75, 3.05) is 62.8 Å². The number of nitrogens with zero attached hydrogens (tertiary/aromatic N) is 3. The minimum Gasteiger partial charge on any atom is -0.355 e. The summed E-state index contributed by atoms with van der Waals surface area (Å²) in [6, 6.07) is 0. The van der Waals surface area contributed by atoms with Crippen molar-refractivity contribution in [2.24, 2.45) is 4.99 Å². The Bertz CT molecular complexity index is 579. The van der Waals surface area contributed by atoms with Crippen LogP contribution in [0.2, 0.25) is 0 Å². The van der Waals surface area contributed by atoms with Crippen LogP contribution in [0, 0.1) is 0 Å². The smallest absolute Gasteiger partial charge is 0.215 e. The molecule has 1 N–H and O–H groups in total. The van der Waals surface area contributed by atoms with E-state index in [0.29, 0.717) is 24.4 Å². The highest BCUT2D eigenvalue weighted by molar-refractivity contribution is 8.00. The first-order valence-corrected chi connectivity index (χ1v) is 13.4. The molecule has 0 aromatic rings. The van der Waals surface area contributed by atoms with E-state index in [4.69, 9.17) is 0 Å². The van der Waals surface area contributed by atoms with Crippen molar-refractivity contribution >= 4 is 39.5 Å². The number of nitrogens with one attached hydrogen (secondary N) is 1. The van der Waals surface area contributed by atoms with E-state index in [9.17, 15) is 8.42 Å². The zero-order valence-corrected chi connectivity index (χ0v) is 18.2. The fourth-order valence-corrected chi connectivity index (χ4v) is 8.16. The van der Waals surface area contributed by atoms with Crippen LogP contribution in [-0.2, 0) is 10.0 Å². The molecular weight excluding hydrogens is 388 g/mol. The van der Waals surface area contributed by atoms with Crippen LogP contribution < -0.4 is 5.32 Å². The van der Waals surface area contributed by atoms with Crippen LogP contribution in [0.1, 0.15) is 32.1 Å². The van der Waals surface area contributed by atoms with E-state index in [1.54, 1.807) is 11.4 Å². The van der Waals surface area contributed by atoms with Crippen molar-refractivity contribution in [3.05, 3.63) is 0 Å². The van der Waals surface area contributed by atoms with E-state index in [1.165, 1.54) is 32.1 Å². The monoisotopic (exact) mass is 420 g/mol. The van der Waals surface area contributed by atoms with Crippen molar-refractivity contribution < 1.29 is 8.42 Å². The van der Waals surface area contributed by atoms with Gasteiger partial charge < -0.3 is 10.2 Å². The van der Waals surface area contributed by atoms with Gasteiger partial charge in [0.05, 0.1) is 5.75 Å². The van der Waals surface area contributed by atoms with Gasteiger partial charge in [-0.25, -0.2) is 12.7 Å². The summed E-state index contributed by atoms with van der Waals surface area (Å²) in [5.41, 5.74) is 0. The molecule has 1 spiro atoms. The largest absolute Gasteiger partial charge is 0.355 e. The van der Waals surface area contributed by atoms with Crippen molar-refractivity contribution in [1.82, 2.24) is 14.5 Å². The first kappa shape index (κ1) is 20.6. The summed E-state index contributed by atoms with van der Waals surface area (Å²) in [4.78, 5) is 6.77. The SMILES string of the molecule is CN=C(NCCS(=O)(=O)N1CCSCC1)N1CCSC2(CCCCC2)C1. The van der Waals surface area contributed by atoms with Crippen LogP contribution in [0.15, 0.2) is 4.99 Å². The first-order valence-electron chi connectivity index (χ1n) is 9.70. The van der Waals surface area contributed by atoms with E-state index in [1.807, 2.05) is 11.8 Å². The molecule has 0 amide bonds. The Kier molecular flexibility index (Phi) is 7.44. The normalized spacial score (nSPS) is 25.4. The Morgan fingerprint density at radius 1 is 1.12 bits per heavy atom. The molecular formula is C17H32N4O2S3. The van der Waals surface area contributed by atoms with Gasteiger partial charge in [-0.15, -0.1) is 0 Å². The predicted molar refractivity (Wildman–Crippen MR) is 114 cm³/mol. The van der Waals surface area contributed by atoms with Crippen LogP contribution >= 0.6 is 23.5 Å². The van der Waals surface area contributed by atoms with Crippen LogP contribution in [0.5, 0.6) is 0 Å². The van der Waals surface area contributed by atoms with Gasteiger partial charge in [0, 0.05) is 61.8 Å². The van der Waals surface area contributed by atoms with Gasteiger partial charge in [0.15, 0.2) is 5.96 Å². The highest BCUT2D eigenvalue weighted by Crippen LogP contribution is 2.42. The van der Waals surface area contributed by atoms with Crippen molar-refractivity contribution in [1.29, 1.82) is 0 Å². The lowest BCUT2D eigenvalue weighted by molar-refractivity contribution is 0.293. The molecule has 3 rings (SSSR count). The maximum absolute atomic E-state index is 12.5. The summed E-state index contributed by atoms with van der Waals surface area (Å²) in [5.74, 6) is 3.94. The number of aliphatic imine (C=N–C) groups is 1. The van der Waals surface area contributed by atoms with Crippen molar-refractivity contribution in [2.45, 2.75) is 36.9 Å². The second-order valence-electron chi connectivity index (χ2n) is 7.32. The number of rotatable bonds is 4. The summed E-state index contributed by atoms with van der Waals surface area (Å²) in [7, 11) is -1.37. The van der Waals surface area contributed by atoms with Crippen molar-refractivity contribution in [3.8, 4) is 0 Å². The lowest BCUT2D eigenvalue weighted by Crippen LogP contribution is -2.54. The molecule has 1 saturated carbocycles. The number of hydrogen-bond acceptors (Lipinski definition) is 5. The van der Waals surface area contributed by atoms with E-state index in [2.05, 4.69) is 27.0 Å². The fourth-order valence-electron chi connectivity index (χ4n) is 4.10. The maximum atomic E-state index is 12.5. The van der Waals surface area contributed by atoms with Crippen LogP contribution in [0.25, 0.3) is 0 Å². The lowest BCUT2D eigenvalue weighted by Gasteiger charge is -2.45. The van der Waals surface area contributed by atoms with Gasteiger partial charge in [0.1, 0.15) is 0 Å². The molecule has 2 saturated heterocycles. The molecule has 6 nitrogen and oxygen atoms in total. The Hall–Kier alpha value is -0.120. The molecule has 0 atom stereocenters. The van der Waals surface area contributed by atoms with E-state index in [-0.39, 0.29) is 5.75 Å². The molecule has 2 heterocycles. The summed E-state index contributed by atoms with van der Waals surface area (Å²) < 4.78 is 27.0. The molecule has 9 heteroatoms. The Morgan fingerprint density at radius 2 is 1.85 bits per heavy atom. The molecule has 0 unspecified atom stereocenters.